The van der Waals surface area contributed by atoms with Gasteiger partial charge in [-0.2, -0.15) is 4.98 Å². The van der Waals surface area contributed by atoms with E-state index in [9.17, 15) is 0 Å². The van der Waals surface area contributed by atoms with Gasteiger partial charge in [0.05, 0.1) is 0 Å². The van der Waals surface area contributed by atoms with E-state index in [0.29, 0.717) is 11.9 Å². The SMILES string of the molecule is Cc1cccc(C(C)C)c1Nc1nccc(NCc2ccccc2)n1. The fourth-order valence-electron chi connectivity index (χ4n) is 2.76. The van der Waals surface area contributed by atoms with Crippen molar-refractivity contribution < 1.29 is 0 Å². The molecule has 2 aromatic carbocycles. The lowest BCUT2D eigenvalue weighted by Gasteiger charge is -2.16. The first-order valence-corrected chi connectivity index (χ1v) is 8.61. The molecular weight excluding hydrogens is 308 g/mol. The molecule has 0 bridgehead atoms. The normalized spacial score (nSPS) is 10.7. The minimum atomic E-state index is 0.432. The number of benzene rings is 2. The zero-order valence-corrected chi connectivity index (χ0v) is 15.0. The van der Waals surface area contributed by atoms with Crippen molar-refractivity contribution in [3.05, 3.63) is 77.5 Å². The molecule has 0 radical (unpaired) electrons. The Bertz CT molecular complexity index is 828. The predicted octanol–water partition coefficient (Wildman–Crippen LogP) is 5.26. The third-order valence-electron chi connectivity index (χ3n) is 4.14. The summed E-state index contributed by atoms with van der Waals surface area (Å²) in [5.74, 6) is 1.84. The molecule has 1 heterocycles. The molecule has 4 heteroatoms. The number of hydrogen-bond acceptors (Lipinski definition) is 4. The van der Waals surface area contributed by atoms with Crippen LogP contribution in [0.2, 0.25) is 0 Å². The van der Waals surface area contributed by atoms with E-state index in [1.807, 2.05) is 24.3 Å². The summed E-state index contributed by atoms with van der Waals surface area (Å²) in [7, 11) is 0. The van der Waals surface area contributed by atoms with Crippen LogP contribution in [0.15, 0.2) is 60.8 Å². The van der Waals surface area contributed by atoms with Gasteiger partial charge in [0.15, 0.2) is 0 Å². The second-order valence-electron chi connectivity index (χ2n) is 6.42. The van der Waals surface area contributed by atoms with Crippen LogP contribution in [-0.4, -0.2) is 9.97 Å². The average molecular weight is 332 g/mol. The Morgan fingerprint density at radius 1 is 0.960 bits per heavy atom. The summed E-state index contributed by atoms with van der Waals surface area (Å²) >= 11 is 0. The topological polar surface area (TPSA) is 49.8 Å². The van der Waals surface area contributed by atoms with Crippen LogP contribution >= 0.6 is 0 Å². The summed E-state index contributed by atoms with van der Waals surface area (Å²) in [6, 6.07) is 18.5. The monoisotopic (exact) mass is 332 g/mol. The van der Waals surface area contributed by atoms with E-state index in [2.05, 4.69) is 71.7 Å². The van der Waals surface area contributed by atoms with Gasteiger partial charge in [0, 0.05) is 18.4 Å². The van der Waals surface area contributed by atoms with Crippen LogP contribution in [0, 0.1) is 6.92 Å². The molecule has 0 saturated carbocycles. The number of nitrogens with zero attached hydrogens (tertiary/aromatic N) is 2. The number of hydrogen-bond donors (Lipinski definition) is 2. The third-order valence-corrected chi connectivity index (χ3v) is 4.14. The zero-order valence-electron chi connectivity index (χ0n) is 15.0. The van der Waals surface area contributed by atoms with Gasteiger partial charge in [-0.3, -0.25) is 0 Å². The van der Waals surface area contributed by atoms with Gasteiger partial charge in [-0.15, -0.1) is 0 Å². The third kappa shape index (κ3) is 4.35. The highest BCUT2D eigenvalue weighted by molar-refractivity contribution is 5.64. The largest absolute Gasteiger partial charge is 0.366 e. The van der Waals surface area contributed by atoms with Crippen LogP contribution in [0.4, 0.5) is 17.5 Å². The maximum atomic E-state index is 4.59. The molecule has 0 aliphatic carbocycles. The lowest BCUT2D eigenvalue weighted by atomic mass is 9.98. The van der Waals surface area contributed by atoms with Gasteiger partial charge in [0.25, 0.3) is 0 Å². The Morgan fingerprint density at radius 3 is 2.52 bits per heavy atom. The van der Waals surface area contributed by atoms with Crippen molar-refractivity contribution in [2.45, 2.75) is 33.2 Å². The summed E-state index contributed by atoms with van der Waals surface area (Å²) in [6.07, 6.45) is 1.77. The molecule has 3 aromatic rings. The van der Waals surface area contributed by atoms with Crippen LogP contribution in [0.3, 0.4) is 0 Å². The summed E-state index contributed by atoms with van der Waals surface area (Å²) in [4.78, 5) is 8.96. The molecule has 3 rings (SSSR count). The van der Waals surface area contributed by atoms with Crippen LogP contribution in [0.25, 0.3) is 0 Å². The van der Waals surface area contributed by atoms with Crippen LogP contribution in [-0.2, 0) is 6.54 Å². The number of rotatable bonds is 6. The molecule has 0 fully saturated rings. The van der Waals surface area contributed by atoms with E-state index < -0.39 is 0 Å². The zero-order chi connectivity index (χ0) is 17.6. The molecule has 2 N–H and O–H groups in total. The Morgan fingerprint density at radius 2 is 1.76 bits per heavy atom. The Balaban J connectivity index is 1.76. The van der Waals surface area contributed by atoms with Crippen molar-refractivity contribution in [1.29, 1.82) is 0 Å². The fraction of sp³-hybridized carbons (Fsp3) is 0.238. The highest BCUT2D eigenvalue weighted by Gasteiger charge is 2.10. The highest BCUT2D eigenvalue weighted by Crippen LogP contribution is 2.29. The molecule has 4 nitrogen and oxygen atoms in total. The summed E-state index contributed by atoms with van der Waals surface area (Å²) in [5.41, 5.74) is 4.78. The van der Waals surface area contributed by atoms with Gasteiger partial charge in [0.1, 0.15) is 5.82 Å². The van der Waals surface area contributed by atoms with E-state index in [1.165, 1.54) is 16.7 Å². The number of anilines is 3. The number of aryl methyl sites for hydroxylation is 1. The van der Waals surface area contributed by atoms with E-state index in [0.717, 1.165) is 18.1 Å². The smallest absolute Gasteiger partial charge is 0.229 e. The van der Waals surface area contributed by atoms with Crippen molar-refractivity contribution in [2.24, 2.45) is 0 Å². The van der Waals surface area contributed by atoms with Gasteiger partial charge in [-0.1, -0.05) is 62.4 Å². The maximum absolute atomic E-state index is 4.59. The van der Waals surface area contributed by atoms with Crippen molar-refractivity contribution >= 4 is 17.5 Å². The van der Waals surface area contributed by atoms with E-state index in [-0.39, 0.29) is 0 Å². The number of nitrogens with one attached hydrogen (secondary N) is 2. The molecule has 1 aromatic heterocycles. The van der Waals surface area contributed by atoms with Crippen LogP contribution in [0.5, 0.6) is 0 Å². The minimum absolute atomic E-state index is 0.432. The molecule has 0 amide bonds. The minimum Gasteiger partial charge on any atom is -0.366 e. The first kappa shape index (κ1) is 17.0. The van der Waals surface area contributed by atoms with Crippen molar-refractivity contribution in [3.63, 3.8) is 0 Å². The van der Waals surface area contributed by atoms with Crippen molar-refractivity contribution in [3.8, 4) is 0 Å². The molecular formula is C21H24N4. The average Bonchev–Trinajstić information content (AvgIpc) is 2.63. The highest BCUT2D eigenvalue weighted by atomic mass is 15.1. The lowest BCUT2D eigenvalue weighted by molar-refractivity contribution is 0.866. The molecule has 0 unspecified atom stereocenters. The Hall–Kier alpha value is -2.88. The van der Waals surface area contributed by atoms with Gasteiger partial charge < -0.3 is 10.6 Å². The second kappa shape index (κ2) is 7.79. The Labute approximate surface area is 149 Å². The van der Waals surface area contributed by atoms with Crippen LogP contribution in [0.1, 0.15) is 36.5 Å². The quantitative estimate of drug-likeness (QED) is 0.646. The molecule has 0 aliphatic heterocycles. The van der Waals surface area contributed by atoms with Gasteiger partial charge in [0.2, 0.25) is 5.95 Å². The van der Waals surface area contributed by atoms with Crippen LogP contribution < -0.4 is 10.6 Å². The number of aromatic nitrogens is 2. The van der Waals surface area contributed by atoms with Gasteiger partial charge >= 0.3 is 0 Å². The molecule has 0 spiro atoms. The predicted molar refractivity (Wildman–Crippen MR) is 104 cm³/mol. The summed E-state index contributed by atoms with van der Waals surface area (Å²) in [6.45, 7) is 7.22. The maximum Gasteiger partial charge on any atom is 0.229 e. The van der Waals surface area contributed by atoms with Gasteiger partial charge in [-0.25, -0.2) is 4.98 Å². The van der Waals surface area contributed by atoms with Crippen molar-refractivity contribution in [1.82, 2.24) is 9.97 Å². The van der Waals surface area contributed by atoms with E-state index in [4.69, 9.17) is 0 Å². The standard InChI is InChI=1S/C21H24N4/c1-15(2)18-11-7-8-16(3)20(18)25-21-22-13-12-19(24-21)23-14-17-9-5-4-6-10-17/h4-13,15H,14H2,1-3H3,(H2,22,23,24,25). The molecule has 0 saturated heterocycles. The lowest BCUT2D eigenvalue weighted by Crippen LogP contribution is -2.06. The van der Waals surface area contributed by atoms with Gasteiger partial charge in [-0.05, 0) is 35.6 Å². The summed E-state index contributed by atoms with van der Waals surface area (Å²) < 4.78 is 0. The summed E-state index contributed by atoms with van der Waals surface area (Å²) in [5, 5.41) is 6.75. The first-order valence-electron chi connectivity index (χ1n) is 8.61. The fourth-order valence-corrected chi connectivity index (χ4v) is 2.76. The molecule has 25 heavy (non-hydrogen) atoms. The molecule has 128 valence electrons. The molecule has 0 aliphatic rings. The Kier molecular flexibility index (Phi) is 5.29. The first-order chi connectivity index (χ1) is 12.1. The second-order valence-corrected chi connectivity index (χ2v) is 6.42. The number of para-hydroxylation sites is 1. The van der Waals surface area contributed by atoms with E-state index in [1.54, 1.807) is 6.20 Å². The van der Waals surface area contributed by atoms with E-state index >= 15 is 0 Å². The molecule has 0 atom stereocenters. The van der Waals surface area contributed by atoms with Crippen molar-refractivity contribution in [2.75, 3.05) is 10.6 Å².